The zero-order valence-corrected chi connectivity index (χ0v) is 16.1. The van der Waals surface area contributed by atoms with Gasteiger partial charge in [0.2, 0.25) is 5.76 Å². The zero-order valence-electron chi connectivity index (χ0n) is 15.4. The van der Waals surface area contributed by atoms with Gasteiger partial charge in [-0.15, -0.1) is 0 Å². The van der Waals surface area contributed by atoms with Crippen LogP contribution in [-0.4, -0.2) is 30.1 Å². The largest absolute Gasteiger partial charge is 0.450 e. The van der Waals surface area contributed by atoms with Gasteiger partial charge in [-0.25, -0.2) is 4.39 Å². The average molecular weight is 414 g/mol. The van der Waals surface area contributed by atoms with Crippen molar-refractivity contribution in [3.05, 3.63) is 80.4 Å². The van der Waals surface area contributed by atoms with Crippen LogP contribution in [0.5, 0.6) is 0 Å². The summed E-state index contributed by atoms with van der Waals surface area (Å²) >= 11 is 6.18. The Bertz CT molecular complexity index is 1190. The van der Waals surface area contributed by atoms with Crippen molar-refractivity contribution < 1.29 is 18.3 Å². The van der Waals surface area contributed by atoms with Gasteiger partial charge in [0, 0.05) is 18.2 Å². The van der Waals surface area contributed by atoms with Crippen molar-refractivity contribution >= 4 is 28.5 Å². The number of nitrogens with zero attached hydrogens (tertiary/aromatic N) is 1. The standard InChI is InChI=1S/C22H17ClFNO4/c23-13-4-1-3-12(9-13)19-18-20(26)16-10-14(24)6-7-17(16)29-21(18)22(27)25(19)11-15-5-2-8-28-15/h1,3-4,6-7,9-10,15,19H,2,5,8,11H2. The maximum absolute atomic E-state index is 13.8. The number of carbonyl (C=O) groups excluding carboxylic acids is 1. The van der Waals surface area contributed by atoms with Gasteiger partial charge in [0.15, 0.2) is 5.43 Å². The maximum atomic E-state index is 13.8. The number of benzene rings is 2. The van der Waals surface area contributed by atoms with Gasteiger partial charge in [0.1, 0.15) is 11.4 Å². The summed E-state index contributed by atoms with van der Waals surface area (Å²) in [4.78, 5) is 28.2. The molecule has 148 valence electrons. The molecular formula is C22H17ClFNO4. The van der Waals surface area contributed by atoms with Crippen molar-refractivity contribution in [2.75, 3.05) is 13.2 Å². The molecule has 0 saturated carbocycles. The van der Waals surface area contributed by atoms with Crippen LogP contribution in [-0.2, 0) is 4.74 Å². The first-order valence-electron chi connectivity index (χ1n) is 9.47. The third kappa shape index (κ3) is 3.03. The van der Waals surface area contributed by atoms with E-state index in [9.17, 15) is 14.0 Å². The molecule has 3 heterocycles. The molecule has 2 aliphatic rings. The van der Waals surface area contributed by atoms with E-state index in [1.165, 1.54) is 12.1 Å². The Kier molecular flexibility index (Phi) is 4.41. The first-order chi connectivity index (χ1) is 14.0. The lowest BCUT2D eigenvalue weighted by Gasteiger charge is -2.27. The normalized spacial score (nSPS) is 21.2. The average Bonchev–Trinajstić information content (AvgIpc) is 3.31. The number of halogens is 2. The van der Waals surface area contributed by atoms with Crippen molar-refractivity contribution in [2.45, 2.75) is 25.0 Å². The SMILES string of the molecule is O=C1c2oc3ccc(F)cc3c(=O)c2C(c2cccc(Cl)c2)N1CC1CCCO1. The van der Waals surface area contributed by atoms with E-state index in [0.717, 1.165) is 18.9 Å². The molecule has 2 aromatic carbocycles. The molecule has 1 aromatic heterocycles. The number of rotatable bonds is 3. The summed E-state index contributed by atoms with van der Waals surface area (Å²) in [7, 11) is 0. The van der Waals surface area contributed by atoms with Gasteiger partial charge in [-0.1, -0.05) is 23.7 Å². The van der Waals surface area contributed by atoms with Crippen LogP contribution in [0.3, 0.4) is 0 Å². The Hall–Kier alpha value is -2.70. The van der Waals surface area contributed by atoms with Crippen LogP contribution >= 0.6 is 11.6 Å². The molecule has 0 spiro atoms. The fourth-order valence-corrected chi connectivity index (χ4v) is 4.41. The number of hydrogen-bond acceptors (Lipinski definition) is 4. The van der Waals surface area contributed by atoms with Gasteiger partial charge in [-0.2, -0.15) is 0 Å². The predicted octanol–water partition coefficient (Wildman–Crippen LogP) is 4.31. The van der Waals surface area contributed by atoms with Crippen LogP contribution in [0.2, 0.25) is 5.02 Å². The molecule has 1 fully saturated rings. The van der Waals surface area contributed by atoms with E-state index in [2.05, 4.69) is 0 Å². The van der Waals surface area contributed by atoms with Gasteiger partial charge in [-0.05, 0) is 48.7 Å². The Morgan fingerprint density at radius 1 is 1.17 bits per heavy atom. The lowest BCUT2D eigenvalue weighted by Crippen LogP contribution is -2.36. The summed E-state index contributed by atoms with van der Waals surface area (Å²) in [6, 6.07) is 10.1. The summed E-state index contributed by atoms with van der Waals surface area (Å²) in [5.41, 5.74) is 0.695. The van der Waals surface area contributed by atoms with Crippen LogP contribution < -0.4 is 5.43 Å². The van der Waals surface area contributed by atoms with Gasteiger partial charge < -0.3 is 14.1 Å². The van der Waals surface area contributed by atoms with Gasteiger partial charge in [0.25, 0.3) is 5.91 Å². The van der Waals surface area contributed by atoms with Crippen molar-refractivity contribution in [1.29, 1.82) is 0 Å². The smallest absolute Gasteiger partial charge is 0.291 e. The third-order valence-corrected chi connectivity index (χ3v) is 5.75. The van der Waals surface area contributed by atoms with E-state index in [4.69, 9.17) is 20.8 Å². The quantitative estimate of drug-likeness (QED) is 0.642. The van der Waals surface area contributed by atoms with E-state index < -0.39 is 17.3 Å². The molecule has 1 amide bonds. The van der Waals surface area contributed by atoms with E-state index in [1.54, 1.807) is 23.1 Å². The number of ether oxygens (including phenoxy) is 1. The lowest BCUT2D eigenvalue weighted by molar-refractivity contribution is 0.0486. The minimum Gasteiger partial charge on any atom is -0.450 e. The lowest BCUT2D eigenvalue weighted by atomic mass is 9.98. The maximum Gasteiger partial charge on any atom is 0.291 e. The molecule has 0 radical (unpaired) electrons. The molecule has 5 nitrogen and oxygen atoms in total. The molecule has 7 heteroatoms. The molecular weight excluding hydrogens is 397 g/mol. The van der Waals surface area contributed by atoms with Crippen LogP contribution in [0.25, 0.3) is 11.0 Å². The number of fused-ring (bicyclic) bond motifs is 2. The second-order valence-corrected chi connectivity index (χ2v) is 7.80. The Morgan fingerprint density at radius 3 is 2.79 bits per heavy atom. The molecule has 2 atom stereocenters. The molecule has 1 saturated heterocycles. The highest BCUT2D eigenvalue weighted by atomic mass is 35.5. The molecule has 2 unspecified atom stereocenters. The van der Waals surface area contributed by atoms with E-state index in [0.29, 0.717) is 23.7 Å². The highest BCUT2D eigenvalue weighted by Crippen LogP contribution is 2.39. The van der Waals surface area contributed by atoms with E-state index in [1.807, 2.05) is 6.07 Å². The van der Waals surface area contributed by atoms with Crippen molar-refractivity contribution in [3.63, 3.8) is 0 Å². The Morgan fingerprint density at radius 2 is 2.03 bits per heavy atom. The van der Waals surface area contributed by atoms with Crippen LogP contribution in [0, 0.1) is 5.82 Å². The number of hydrogen-bond donors (Lipinski definition) is 0. The van der Waals surface area contributed by atoms with Crippen LogP contribution in [0.15, 0.2) is 51.7 Å². The third-order valence-electron chi connectivity index (χ3n) is 5.52. The minimum atomic E-state index is -0.663. The first-order valence-corrected chi connectivity index (χ1v) is 9.85. The second-order valence-electron chi connectivity index (χ2n) is 7.36. The number of amides is 1. The molecule has 0 aliphatic carbocycles. The highest BCUT2D eigenvalue weighted by molar-refractivity contribution is 6.30. The van der Waals surface area contributed by atoms with Gasteiger partial charge >= 0.3 is 0 Å². The Balaban J connectivity index is 1.72. The van der Waals surface area contributed by atoms with Gasteiger partial charge in [0.05, 0.1) is 23.1 Å². The molecule has 0 bridgehead atoms. The fraction of sp³-hybridized carbons (Fsp3) is 0.273. The predicted molar refractivity (Wildman–Crippen MR) is 106 cm³/mol. The van der Waals surface area contributed by atoms with E-state index >= 15 is 0 Å². The van der Waals surface area contributed by atoms with Crippen LogP contribution in [0.4, 0.5) is 4.39 Å². The summed E-state index contributed by atoms with van der Waals surface area (Å²) in [6.07, 6.45) is 1.68. The minimum absolute atomic E-state index is 0.00270. The van der Waals surface area contributed by atoms with Crippen molar-refractivity contribution in [2.24, 2.45) is 0 Å². The van der Waals surface area contributed by atoms with Gasteiger partial charge in [-0.3, -0.25) is 9.59 Å². The highest BCUT2D eigenvalue weighted by Gasteiger charge is 2.44. The number of carbonyl (C=O) groups is 1. The summed E-state index contributed by atoms with van der Waals surface area (Å²) in [5.74, 6) is -0.912. The Labute approximate surface area is 170 Å². The molecule has 29 heavy (non-hydrogen) atoms. The van der Waals surface area contributed by atoms with E-state index in [-0.39, 0.29) is 34.3 Å². The molecule has 3 aromatic rings. The fourth-order valence-electron chi connectivity index (χ4n) is 4.21. The van der Waals surface area contributed by atoms with Crippen molar-refractivity contribution in [1.82, 2.24) is 4.90 Å². The second kappa shape index (κ2) is 6.97. The topological polar surface area (TPSA) is 59.8 Å². The zero-order chi connectivity index (χ0) is 20.1. The summed E-state index contributed by atoms with van der Waals surface area (Å²) < 4.78 is 25.3. The molecule has 0 N–H and O–H groups in total. The summed E-state index contributed by atoms with van der Waals surface area (Å²) in [6.45, 7) is 0.992. The van der Waals surface area contributed by atoms with Crippen LogP contribution in [0.1, 0.15) is 40.6 Å². The monoisotopic (exact) mass is 413 g/mol. The van der Waals surface area contributed by atoms with Crippen molar-refractivity contribution in [3.8, 4) is 0 Å². The molecule has 5 rings (SSSR count). The summed E-state index contributed by atoms with van der Waals surface area (Å²) in [5, 5.41) is 0.610. The molecule has 2 aliphatic heterocycles. The first kappa shape index (κ1) is 18.3.